The van der Waals surface area contributed by atoms with E-state index < -0.39 is 0 Å². The highest BCUT2D eigenvalue weighted by Gasteiger charge is 1.94. The van der Waals surface area contributed by atoms with Gasteiger partial charge in [0.05, 0.1) is 0 Å². The summed E-state index contributed by atoms with van der Waals surface area (Å²) < 4.78 is 0. The number of benzene rings is 1. The summed E-state index contributed by atoms with van der Waals surface area (Å²) in [6.45, 7) is 0. The van der Waals surface area contributed by atoms with Crippen molar-refractivity contribution in [2.45, 2.75) is 0 Å². The maximum atomic E-state index is 10.2. The third-order valence-electron chi connectivity index (χ3n) is 1.16. The minimum atomic E-state index is 0.606. The Kier molecular flexibility index (Phi) is 2.42. The van der Waals surface area contributed by atoms with Gasteiger partial charge in [-0.3, -0.25) is 4.79 Å². The first-order chi connectivity index (χ1) is 4.74. The van der Waals surface area contributed by atoms with Crippen LogP contribution in [-0.4, -0.2) is 6.29 Å². The highest BCUT2D eigenvalue weighted by atomic mass is 35.5. The monoisotopic (exact) mass is 172 g/mol. The zero-order valence-electron chi connectivity index (χ0n) is 5.17. The summed E-state index contributed by atoms with van der Waals surface area (Å²) >= 11 is 5.71. The summed E-state index contributed by atoms with van der Waals surface area (Å²) in [6, 6.07) is 5.15. The van der Waals surface area contributed by atoms with Crippen molar-refractivity contribution >= 4 is 32.4 Å². The van der Waals surface area contributed by atoms with Gasteiger partial charge in [-0.1, -0.05) is 23.7 Å². The molecule has 10 heavy (non-hydrogen) atoms. The van der Waals surface area contributed by atoms with Gasteiger partial charge in [0, 0.05) is 10.6 Å². The molecule has 1 atom stereocenters. The van der Waals surface area contributed by atoms with E-state index in [0.717, 1.165) is 11.6 Å². The molecule has 3 heteroatoms. The smallest absolute Gasteiger partial charge is 0.150 e. The lowest BCUT2D eigenvalue weighted by Gasteiger charge is -1.95. The average molecular weight is 173 g/mol. The maximum Gasteiger partial charge on any atom is 0.150 e. The number of aldehydes is 1. The van der Waals surface area contributed by atoms with Crippen molar-refractivity contribution in [2.24, 2.45) is 0 Å². The Bertz CT molecular complexity index is 260. The molecule has 1 aromatic carbocycles. The number of hydrogen-bond donors (Lipinski definition) is 0. The molecule has 0 saturated carbocycles. The van der Waals surface area contributed by atoms with Gasteiger partial charge in [0.1, 0.15) is 6.29 Å². The molecule has 0 spiro atoms. The topological polar surface area (TPSA) is 17.1 Å². The Morgan fingerprint density at radius 1 is 1.50 bits per heavy atom. The minimum Gasteiger partial charge on any atom is -0.298 e. The average Bonchev–Trinajstić information content (AvgIpc) is 1.95. The first kappa shape index (κ1) is 7.71. The molecular weight excluding hydrogens is 167 g/mol. The molecule has 0 bridgehead atoms. The van der Waals surface area contributed by atoms with Crippen LogP contribution in [0.25, 0.3) is 0 Å². The first-order valence-electron chi connectivity index (χ1n) is 2.74. The lowest BCUT2D eigenvalue weighted by molar-refractivity contribution is 0.112. The van der Waals surface area contributed by atoms with E-state index in [2.05, 4.69) is 9.24 Å². The Labute approximate surface area is 66.6 Å². The number of halogens is 1. The number of carbonyl (C=O) groups is 1. The molecule has 0 radical (unpaired) electrons. The SMILES string of the molecule is O=Cc1ccc(P)c(Cl)c1. The molecule has 0 heterocycles. The molecule has 0 fully saturated rings. The van der Waals surface area contributed by atoms with E-state index in [9.17, 15) is 4.79 Å². The first-order valence-corrected chi connectivity index (χ1v) is 3.70. The van der Waals surface area contributed by atoms with E-state index in [-0.39, 0.29) is 0 Å². The fourth-order valence-corrected chi connectivity index (χ4v) is 0.985. The Hall–Kier alpha value is -0.390. The van der Waals surface area contributed by atoms with Crippen molar-refractivity contribution in [3.63, 3.8) is 0 Å². The minimum absolute atomic E-state index is 0.606. The van der Waals surface area contributed by atoms with Gasteiger partial charge in [-0.15, -0.1) is 9.24 Å². The number of hydrogen-bond acceptors (Lipinski definition) is 1. The molecule has 0 N–H and O–H groups in total. The Morgan fingerprint density at radius 3 is 2.70 bits per heavy atom. The van der Waals surface area contributed by atoms with E-state index in [1.807, 2.05) is 0 Å². The standard InChI is InChI=1S/C7H6ClOP/c8-6-3-5(4-9)1-2-7(6)10/h1-4H,10H2. The van der Waals surface area contributed by atoms with Crippen molar-refractivity contribution in [3.8, 4) is 0 Å². The lowest BCUT2D eigenvalue weighted by atomic mass is 10.2. The lowest BCUT2D eigenvalue weighted by Crippen LogP contribution is -1.92. The van der Waals surface area contributed by atoms with Crippen molar-refractivity contribution in [1.29, 1.82) is 0 Å². The molecule has 1 aromatic rings. The second kappa shape index (κ2) is 3.14. The molecule has 0 aliphatic rings. The van der Waals surface area contributed by atoms with Crippen molar-refractivity contribution < 1.29 is 4.79 Å². The quantitative estimate of drug-likeness (QED) is 0.465. The van der Waals surface area contributed by atoms with E-state index in [4.69, 9.17) is 11.6 Å². The van der Waals surface area contributed by atoms with E-state index in [1.54, 1.807) is 18.2 Å². The molecular formula is C7H6ClOP. The van der Waals surface area contributed by atoms with Gasteiger partial charge in [0.15, 0.2) is 0 Å². The van der Waals surface area contributed by atoms with E-state index in [0.29, 0.717) is 10.6 Å². The number of carbonyl (C=O) groups excluding carboxylic acids is 1. The van der Waals surface area contributed by atoms with Gasteiger partial charge in [-0.05, 0) is 11.4 Å². The van der Waals surface area contributed by atoms with Gasteiger partial charge < -0.3 is 0 Å². The predicted molar refractivity (Wildman–Crippen MR) is 46.2 cm³/mol. The normalized spacial score (nSPS) is 9.40. The van der Waals surface area contributed by atoms with E-state index in [1.165, 1.54) is 0 Å². The van der Waals surface area contributed by atoms with Crippen LogP contribution in [0.4, 0.5) is 0 Å². The van der Waals surface area contributed by atoms with Crippen LogP contribution in [0.3, 0.4) is 0 Å². The Balaban J connectivity index is 3.16. The van der Waals surface area contributed by atoms with Crippen LogP contribution >= 0.6 is 20.8 Å². The van der Waals surface area contributed by atoms with Crippen LogP contribution in [0, 0.1) is 0 Å². The molecule has 0 aliphatic carbocycles. The van der Waals surface area contributed by atoms with Crippen LogP contribution in [0.2, 0.25) is 5.02 Å². The van der Waals surface area contributed by atoms with Crippen LogP contribution in [0.5, 0.6) is 0 Å². The van der Waals surface area contributed by atoms with Crippen LogP contribution < -0.4 is 5.30 Å². The van der Waals surface area contributed by atoms with Crippen molar-refractivity contribution in [3.05, 3.63) is 28.8 Å². The third-order valence-corrected chi connectivity index (χ3v) is 2.17. The summed E-state index contributed by atoms with van der Waals surface area (Å²) in [6.07, 6.45) is 0.774. The van der Waals surface area contributed by atoms with Gasteiger partial charge in [-0.25, -0.2) is 0 Å². The summed E-state index contributed by atoms with van der Waals surface area (Å²) in [7, 11) is 2.48. The molecule has 1 unspecified atom stereocenters. The molecule has 0 amide bonds. The zero-order chi connectivity index (χ0) is 7.56. The molecule has 1 nitrogen and oxygen atoms in total. The molecule has 0 aliphatic heterocycles. The van der Waals surface area contributed by atoms with Crippen molar-refractivity contribution in [2.75, 3.05) is 0 Å². The largest absolute Gasteiger partial charge is 0.298 e. The third kappa shape index (κ3) is 1.56. The fourth-order valence-electron chi connectivity index (χ4n) is 0.617. The maximum absolute atomic E-state index is 10.2. The summed E-state index contributed by atoms with van der Waals surface area (Å²) in [5.74, 6) is 0. The molecule has 0 aromatic heterocycles. The van der Waals surface area contributed by atoms with Gasteiger partial charge in [-0.2, -0.15) is 0 Å². The van der Waals surface area contributed by atoms with Gasteiger partial charge in [0.2, 0.25) is 0 Å². The molecule has 52 valence electrons. The Morgan fingerprint density at radius 2 is 2.20 bits per heavy atom. The van der Waals surface area contributed by atoms with Gasteiger partial charge in [0.25, 0.3) is 0 Å². The van der Waals surface area contributed by atoms with Crippen LogP contribution in [0.1, 0.15) is 10.4 Å². The molecule has 0 saturated heterocycles. The van der Waals surface area contributed by atoms with Crippen LogP contribution in [0.15, 0.2) is 18.2 Å². The van der Waals surface area contributed by atoms with Crippen molar-refractivity contribution in [1.82, 2.24) is 0 Å². The second-order valence-corrected chi connectivity index (χ2v) is 2.93. The van der Waals surface area contributed by atoms with Crippen LogP contribution in [-0.2, 0) is 0 Å². The highest BCUT2D eigenvalue weighted by Crippen LogP contribution is 2.09. The number of rotatable bonds is 1. The summed E-state index contributed by atoms with van der Waals surface area (Å²) in [4.78, 5) is 10.2. The predicted octanol–water partition coefficient (Wildman–Crippen LogP) is 1.65. The molecule has 1 rings (SSSR count). The van der Waals surface area contributed by atoms with E-state index >= 15 is 0 Å². The zero-order valence-corrected chi connectivity index (χ0v) is 7.08. The second-order valence-electron chi connectivity index (χ2n) is 1.90. The van der Waals surface area contributed by atoms with Gasteiger partial charge >= 0.3 is 0 Å². The fraction of sp³-hybridized carbons (Fsp3) is 0. The summed E-state index contributed by atoms with van der Waals surface area (Å²) in [5, 5.41) is 1.52. The highest BCUT2D eigenvalue weighted by molar-refractivity contribution is 7.28. The summed E-state index contributed by atoms with van der Waals surface area (Å²) in [5.41, 5.74) is 0.608.